The van der Waals surface area contributed by atoms with Crippen molar-refractivity contribution in [3.8, 4) is 0 Å². The van der Waals surface area contributed by atoms with E-state index < -0.39 is 0 Å². The van der Waals surface area contributed by atoms with Crippen LogP contribution in [0.25, 0.3) is 0 Å². The highest BCUT2D eigenvalue weighted by atomic mass is 32.2. The van der Waals surface area contributed by atoms with E-state index in [9.17, 15) is 0 Å². The van der Waals surface area contributed by atoms with Crippen molar-refractivity contribution in [2.75, 3.05) is 18.8 Å². The molecule has 0 radical (unpaired) electrons. The summed E-state index contributed by atoms with van der Waals surface area (Å²) in [6, 6.07) is 0. The van der Waals surface area contributed by atoms with Gasteiger partial charge in [-0.1, -0.05) is 13.8 Å². The highest BCUT2D eigenvalue weighted by molar-refractivity contribution is 8.14. The van der Waals surface area contributed by atoms with Crippen molar-refractivity contribution in [2.45, 2.75) is 32.2 Å². The van der Waals surface area contributed by atoms with E-state index >= 15 is 0 Å². The first kappa shape index (κ1) is 9.53. The number of thioether (sulfide) groups is 1. The Kier molecular flexibility index (Phi) is 2.65. The van der Waals surface area contributed by atoms with E-state index in [4.69, 9.17) is 4.99 Å². The van der Waals surface area contributed by atoms with Crippen molar-refractivity contribution < 1.29 is 0 Å². The molecule has 0 aliphatic carbocycles. The Hall–Kier alpha value is -0.0200. The zero-order valence-electron chi connectivity index (χ0n) is 8.47. The molecule has 2 aliphatic heterocycles. The van der Waals surface area contributed by atoms with Gasteiger partial charge in [0, 0.05) is 18.2 Å². The Balaban J connectivity index is 2.08. The summed E-state index contributed by atoms with van der Waals surface area (Å²) >= 11 is 1.97. The fraction of sp³-hybridized carbons (Fsp3) is 0.900. The summed E-state index contributed by atoms with van der Waals surface area (Å²) in [4.78, 5) is 4.90. The van der Waals surface area contributed by atoms with Gasteiger partial charge in [-0.15, -0.1) is 11.8 Å². The topological polar surface area (TPSA) is 24.4 Å². The van der Waals surface area contributed by atoms with Crippen LogP contribution in [0.3, 0.4) is 0 Å². The van der Waals surface area contributed by atoms with Crippen LogP contribution in [0, 0.1) is 5.92 Å². The normalized spacial score (nSPS) is 34.2. The molecule has 0 saturated carbocycles. The molecule has 1 spiro atoms. The minimum Gasteiger partial charge on any atom is -0.314 e. The molecule has 13 heavy (non-hydrogen) atoms. The number of nitrogens with zero attached hydrogens (tertiary/aromatic N) is 1. The molecule has 2 aliphatic rings. The largest absolute Gasteiger partial charge is 0.314 e. The predicted octanol–water partition coefficient (Wildman–Crippen LogP) is 1.91. The van der Waals surface area contributed by atoms with Gasteiger partial charge in [-0.3, -0.25) is 4.99 Å². The monoisotopic (exact) mass is 198 g/mol. The number of hydrogen-bond acceptors (Lipinski definition) is 3. The molecule has 2 rings (SSSR count). The lowest BCUT2D eigenvalue weighted by Crippen LogP contribution is -2.44. The molecular formula is C10H18N2S. The summed E-state index contributed by atoms with van der Waals surface area (Å²) in [6.45, 7) is 6.75. The third-order valence-electron chi connectivity index (χ3n) is 2.78. The van der Waals surface area contributed by atoms with Gasteiger partial charge in [0.1, 0.15) is 0 Å². The summed E-state index contributed by atoms with van der Waals surface area (Å²) < 4.78 is 0. The van der Waals surface area contributed by atoms with Gasteiger partial charge >= 0.3 is 0 Å². The first-order valence-electron chi connectivity index (χ1n) is 5.15. The third kappa shape index (κ3) is 1.91. The van der Waals surface area contributed by atoms with E-state index in [1.54, 1.807) is 0 Å². The number of aliphatic imine (C=N–C) groups is 1. The molecular weight excluding hydrogens is 180 g/mol. The van der Waals surface area contributed by atoms with E-state index in [2.05, 4.69) is 19.2 Å². The van der Waals surface area contributed by atoms with E-state index in [1.807, 2.05) is 11.8 Å². The van der Waals surface area contributed by atoms with Crippen LogP contribution < -0.4 is 5.32 Å². The molecule has 3 heteroatoms. The van der Waals surface area contributed by atoms with Crippen LogP contribution in [0.1, 0.15) is 26.7 Å². The van der Waals surface area contributed by atoms with Crippen molar-refractivity contribution in [2.24, 2.45) is 10.9 Å². The van der Waals surface area contributed by atoms with Gasteiger partial charge in [0.2, 0.25) is 0 Å². The van der Waals surface area contributed by atoms with E-state index in [1.165, 1.54) is 30.2 Å². The highest BCUT2D eigenvalue weighted by Crippen LogP contribution is 2.35. The van der Waals surface area contributed by atoms with Crippen molar-refractivity contribution in [3.63, 3.8) is 0 Å². The van der Waals surface area contributed by atoms with Crippen LogP contribution in [0.2, 0.25) is 0 Å². The maximum Gasteiger partial charge on any atom is 0.0835 e. The third-order valence-corrected chi connectivity index (χ3v) is 4.32. The zero-order chi connectivity index (χ0) is 9.31. The van der Waals surface area contributed by atoms with Crippen molar-refractivity contribution in [3.05, 3.63) is 0 Å². The summed E-state index contributed by atoms with van der Waals surface area (Å²) in [7, 11) is 0. The van der Waals surface area contributed by atoms with E-state index in [0.29, 0.717) is 5.92 Å². The van der Waals surface area contributed by atoms with Crippen LogP contribution >= 0.6 is 11.8 Å². The molecule has 2 nitrogen and oxygen atoms in total. The predicted molar refractivity (Wildman–Crippen MR) is 59.6 cm³/mol. The standard InChI is InChI=1S/C10H18N2S/c1-8(2)9-12-10(7-13-9)4-3-5-11-6-10/h8,11H,3-7H2,1-2H3. The number of rotatable bonds is 1. The molecule has 1 fully saturated rings. The lowest BCUT2D eigenvalue weighted by atomic mass is 9.93. The van der Waals surface area contributed by atoms with E-state index in [0.717, 1.165) is 6.54 Å². The van der Waals surface area contributed by atoms with Gasteiger partial charge in [-0.2, -0.15) is 0 Å². The fourth-order valence-electron chi connectivity index (χ4n) is 1.97. The summed E-state index contributed by atoms with van der Waals surface area (Å²) in [5.74, 6) is 1.82. The van der Waals surface area contributed by atoms with Gasteiger partial charge < -0.3 is 5.32 Å². The Morgan fingerprint density at radius 1 is 1.54 bits per heavy atom. The second-order valence-electron chi connectivity index (χ2n) is 4.40. The van der Waals surface area contributed by atoms with Crippen LogP contribution in [0.5, 0.6) is 0 Å². The van der Waals surface area contributed by atoms with Gasteiger partial charge in [0.05, 0.1) is 10.6 Å². The Bertz CT molecular complexity index is 217. The number of hydrogen-bond donors (Lipinski definition) is 1. The lowest BCUT2D eigenvalue weighted by molar-refractivity contribution is 0.353. The SMILES string of the molecule is CC(C)C1=NC2(CCCNC2)CS1. The van der Waals surface area contributed by atoms with Crippen LogP contribution in [-0.2, 0) is 0 Å². The van der Waals surface area contributed by atoms with Crippen LogP contribution in [-0.4, -0.2) is 29.4 Å². The molecule has 0 aromatic carbocycles. The lowest BCUT2D eigenvalue weighted by Gasteiger charge is -2.30. The van der Waals surface area contributed by atoms with Gasteiger partial charge in [-0.25, -0.2) is 0 Å². The second-order valence-corrected chi connectivity index (χ2v) is 5.39. The van der Waals surface area contributed by atoms with Crippen LogP contribution in [0.4, 0.5) is 0 Å². The molecule has 1 unspecified atom stereocenters. The quantitative estimate of drug-likeness (QED) is 0.696. The summed E-state index contributed by atoms with van der Waals surface area (Å²) in [5, 5.41) is 4.82. The Morgan fingerprint density at radius 3 is 2.92 bits per heavy atom. The molecule has 2 heterocycles. The first-order valence-corrected chi connectivity index (χ1v) is 6.14. The second kappa shape index (κ2) is 3.62. The first-order chi connectivity index (χ1) is 6.22. The smallest absolute Gasteiger partial charge is 0.0835 e. The fourth-order valence-corrected chi connectivity index (χ4v) is 3.29. The maximum atomic E-state index is 4.90. The number of piperidine rings is 1. The average Bonchev–Trinajstić information content (AvgIpc) is 2.51. The molecule has 0 aromatic rings. The molecule has 1 atom stereocenters. The summed E-state index contributed by atoms with van der Waals surface area (Å²) in [5.41, 5.74) is 0.266. The minimum atomic E-state index is 0.266. The minimum absolute atomic E-state index is 0.266. The highest BCUT2D eigenvalue weighted by Gasteiger charge is 2.36. The van der Waals surface area contributed by atoms with Gasteiger partial charge in [0.25, 0.3) is 0 Å². The summed E-state index contributed by atoms with van der Waals surface area (Å²) in [6.07, 6.45) is 2.57. The molecule has 1 saturated heterocycles. The average molecular weight is 198 g/mol. The maximum absolute atomic E-state index is 4.90. The zero-order valence-corrected chi connectivity index (χ0v) is 9.28. The van der Waals surface area contributed by atoms with Gasteiger partial charge in [-0.05, 0) is 19.4 Å². The van der Waals surface area contributed by atoms with Crippen LogP contribution in [0.15, 0.2) is 4.99 Å². The molecule has 0 bridgehead atoms. The van der Waals surface area contributed by atoms with Crippen molar-refractivity contribution in [1.29, 1.82) is 0 Å². The Labute approximate surface area is 84.6 Å². The molecule has 74 valence electrons. The van der Waals surface area contributed by atoms with Crippen molar-refractivity contribution >= 4 is 16.8 Å². The molecule has 0 aromatic heterocycles. The molecule has 1 N–H and O–H groups in total. The van der Waals surface area contributed by atoms with Crippen molar-refractivity contribution in [1.82, 2.24) is 5.32 Å². The van der Waals surface area contributed by atoms with E-state index in [-0.39, 0.29) is 5.54 Å². The number of nitrogens with one attached hydrogen (secondary N) is 1. The molecule has 0 amide bonds. The van der Waals surface area contributed by atoms with Gasteiger partial charge in [0.15, 0.2) is 0 Å². The Morgan fingerprint density at radius 2 is 2.38 bits per heavy atom.